The van der Waals surface area contributed by atoms with Crippen LogP contribution in [0.1, 0.15) is 19.8 Å². The summed E-state index contributed by atoms with van der Waals surface area (Å²) in [5, 5.41) is 0. The van der Waals surface area contributed by atoms with Gasteiger partial charge in [-0.25, -0.2) is 0 Å². The van der Waals surface area contributed by atoms with Crippen LogP contribution in [0.25, 0.3) is 0 Å². The number of aliphatic imine (C=N–C) groups is 1. The van der Waals surface area contributed by atoms with Gasteiger partial charge >= 0.3 is 0 Å². The molecule has 0 aromatic heterocycles. The lowest BCUT2D eigenvalue weighted by molar-refractivity contribution is 0.214. The Balaban J connectivity index is 0.000000720. The van der Waals surface area contributed by atoms with E-state index in [0.717, 1.165) is 25.0 Å². The first kappa shape index (κ1) is 10.1. The Labute approximate surface area is 90.4 Å². The van der Waals surface area contributed by atoms with E-state index in [2.05, 4.69) is 16.8 Å². The van der Waals surface area contributed by atoms with Crippen LogP contribution < -0.4 is 5.73 Å². The van der Waals surface area contributed by atoms with Crippen molar-refractivity contribution in [3.05, 3.63) is 0 Å². The summed E-state index contributed by atoms with van der Waals surface area (Å²) >= 11 is 0. The van der Waals surface area contributed by atoms with Gasteiger partial charge < -0.3 is 10.6 Å². The quantitative estimate of drug-likeness (QED) is 0.674. The van der Waals surface area contributed by atoms with Gasteiger partial charge in [0.2, 0.25) is 0 Å². The van der Waals surface area contributed by atoms with E-state index in [-0.39, 0.29) is 24.0 Å². The number of nitrogens with two attached hydrogens (primary N) is 1. The van der Waals surface area contributed by atoms with Crippen LogP contribution in [0.2, 0.25) is 0 Å². The lowest BCUT2D eigenvalue weighted by Gasteiger charge is -2.34. The van der Waals surface area contributed by atoms with Crippen LogP contribution in [0.3, 0.4) is 0 Å². The number of halogens is 1. The molecular weight excluding hydrogens is 265 g/mol. The van der Waals surface area contributed by atoms with Crippen LogP contribution in [0.15, 0.2) is 4.99 Å². The van der Waals surface area contributed by atoms with Gasteiger partial charge in [-0.2, -0.15) is 0 Å². The van der Waals surface area contributed by atoms with Crippen molar-refractivity contribution in [2.45, 2.75) is 25.8 Å². The number of piperidine rings is 1. The van der Waals surface area contributed by atoms with E-state index in [1.807, 2.05) is 0 Å². The van der Waals surface area contributed by atoms with Gasteiger partial charge in [-0.05, 0) is 18.8 Å². The average molecular weight is 281 g/mol. The Morgan fingerprint density at radius 3 is 3.00 bits per heavy atom. The Morgan fingerprint density at radius 1 is 1.50 bits per heavy atom. The first-order valence-corrected chi connectivity index (χ1v) is 4.34. The molecule has 4 heteroatoms. The van der Waals surface area contributed by atoms with Crippen molar-refractivity contribution in [3.63, 3.8) is 0 Å². The van der Waals surface area contributed by atoms with Gasteiger partial charge in [-0.3, -0.25) is 4.99 Å². The first-order chi connectivity index (χ1) is 5.27. The summed E-state index contributed by atoms with van der Waals surface area (Å²) in [7, 11) is 0. The summed E-state index contributed by atoms with van der Waals surface area (Å²) in [5.41, 5.74) is 5.73. The molecule has 3 nitrogen and oxygen atoms in total. The molecule has 12 heavy (non-hydrogen) atoms. The third-order valence-electron chi connectivity index (χ3n) is 2.70. The normalized spacial score (nSPS) is 33.8. The zero-order chi connectivity index (χ0) is 7.84. The standard InChI is InChI=1S/C8H15N3.HI/c1-6-2-3-7-4-10-8(9)11(7)5-6;/h6-7H,2-5H2,1H3,(H2,9,10);1H. The minimum atomic E-state index is 0. The molecule has 0 bridgehead atoms. The number of fused-ring (bicyclic) bond motifs is 1. The predicted octanol–water partition coefficient (Wildman–Crippen LogP) is 1.03. The minimum Gasteiger partial charge on any atom is -0.370 e. The Kier molecular flexibility index (Phi) is 3.20. The Hall–Kier alpha value is 0. The lowest BCUT2D eigenvalue weighted by atomic mass is 9.95. The summed E-state index contributed by atoms with van der Waals surface area (Å²) in [6.45, 7) is 4.32. The molecule has 0 aliphatic carbocycles. The maximum Gasteiger partial charge on any atom is 0.191 e. The predicted molar refractivity (Wildman–Crippen MR) is 60.8 cm³/mol. The van der Waals surface area contributed by atoms with E-state index in [0.29, 0.717) is 6.04 Å². The summed E-state index contributed by atoms with van der Waals surface area (Å²) in [6, 6.07) is 0.631. The van der Waals surface area contributed by atoms with Crippen molar-refractivity contribution in [1.29, 1.82) is 0 Å². The molecule has 2 aliphatic rings. The van der Waals surface area contributed by atoms with Crippen LogP contribution in [0.4, 0.5) is 0 Å². The van der Waals surface area contributed by atoms with Crippen molar-refractivity contribution in [2.75, 3.05) is 13.1 Å². The fraction of sp³-hybridized carbons (Fsp3) is 0.875. The van der Waals surface area contributed by atoms with Crippen LogP contribution >= 0.6 is 24.0 Å². The Bertz CT molecular complexity index is 193. The summed E-state index contributed by atoms with van der Waals surface area (Å²) < 4.78 is 0. The highest BCUT2D eigenvalue weighted by molar-refractivity contribution is 14.0. The highest BCUT2D eigenvalue weighted by Crippen LogP contribution is 2.24. The number of hydrogen-bond acceptors (Lipinski definition) is 3. The fourth-order valence-electron chi connectivity index (χ4n) is 1.97. The van der Waals surface area contributed by atoms with E-state index >= 15 is 0 Å². The lowest BCUT2D eigenvalue weighted by Crippen LogP contribution is -2.46. The second-order valence-corrected chi connectivity index (χ2v) is 3.69. The maximum absolute atomic E-state index is 5.73. The SMILES string of the molecule is CC1CCC2CN=C(N)N2C1.I. The van der Waals surface area contributed by atoms with Gasteiger partial charge in [0, 0.05) is 6.54 Å². The average Bonchev–Trinajstić information content (AvgIpc) is 2.33. The molecule has 0 radical (unpaired) electrons. The highest BCUT2D eigenvalue weighted by Gasteiger charge is 2.30. The molecular formula is C8H16IN3. The zero-order valence-electron chi connectivity index (χ0n) is 7.36. The number of rotatable bonds is 0. The van der Waals surface area contributed by atoms with Crippen molar-refractivity contribution in [1.82, 2.24) is 4.90 Å². The largest absolute Gasteiger partial charge is 0.370 e. The van der Waals surface area contributed by atoms with Gasteiger partial charge in [0.15, 0.2) is 5.96 Å². The van der Waals surface area contributed by atoms with Crippen LogP contribution in [-0.2, 0) is 0 Å². The molecule has 0 aromatic rings. The summed E-state index contributed by atoms with van der Waals surface area (Å²) in [4.78, 5) is 6.49. The van der Waals surface area contributed by atoms with Crippen molar-refractivity contribution >= 4 is 29.9 Å². The Morgan fingerprint density at radius 2 is 2.25 bits per heavy atom. The van der Waals surface area contributed by atoms with E-state index in [1.165, 1.54) is 12.8 Å². The zero-order valence-corrected chi connectivity index (χ0v) is 9.69. The van der Waals surface area contributed by atoms with Crippen LogP contribution in [-0.4, -0.2) is 30.0 Å². The molecule has 0 saturated carbocycles. The third kappa shape index (κ3) is 1.67. The van der Waals surface area contributed by atoms with E-state index in [9.17, 15) is 0 Å². The van der Waals surface area contributed by atoms with Crippen LogP contribution in [0, 0.1) is 5.92 Å². The third-order valence-corrected chi connectivity index (χ3v) is 2.70. The molecule has 0 spiro atoms. The van der Waals surface area contributed by atoms with Gasteiger partial charge in [-0.1, -0.05) is 6.92 Å². The summed E-state index contributed by atoms with van der Waals surface area (Å²) in [6.07, 6.45) is 2.61. The highest BCUT2D eigenvalue weighted by atomic mass is 127. The van der Waals surface area contributed by atoms with Crippen molar-refractivity contribution in [3.8, 4) is 0 Å². The second-order valence-electron chi connectivity index (χ2n) is 3.69. The van der Waals surface area contributed by atoms with E-state index < -0.39 is 0 Å². The molecule has 1 saturated heterocycles. The molecule has 70 valence electrons. The monoisotopic (exact) mass is 281 g/mol. The van der Waals surface area contributed by atoms with Gasteiger partial charge in [0.25, 0.3) is 0 Å². The van der Waals surface area contributed by atoms with Crippen molar-refractivity contribution < 1.29 is 0 Å². The summed E-state index contributed by atoms with van der Waals surface area (Å²) in [5.74, 6) is 1.56. The fourth-order valence-corrected chi connectivity index (χ4v) is 1.97. The molecule has 2 N–H and O–H groups in total. The molecule has 2 aliphatic heterocycles. The second kappa shape index (κ2) is 3.81. The van der Waals surface area contributed by atoms with E-state index in [4.69, 9.17) is 5.73 Å². The number of guanidine groups is 1. The smallest absolute Gasteiger partial charge is 0.191 e. The molecule has 1 fully saturated rings. The topological polar surface area (TPSA) is 41.6 Å². The number of hydrogen-bond donors (Lipinski definition) is 1. The van der Waals surface area contributed by atoms with Gasteiger partial charge in [-0.15, -0.1) is 24.0 Å². The number of nitrogens with zero attached hydrogens (tertiary/aromatic N) is 2. The maximum atomic E-state index is 5.73. The minimum absolute atomic E-state index is 0. The first-order valence-electron chi connectivity index (χ1n) is 4.34. The molecule has 2 rings (SSSR count). The molecule has 0 amide bonds. The van der Waals surface area contributed by atoms with Crippen LogP contribution in [0.5, 0.6) is 0 Å². The van der Waals surface area contributed by atoms with Gasteiger partial charge in [0.05, 0.1) is 12.6 Å². The molecule has 2 unspecified atom stereocenters. The van der Waals surface area contributed by atoms with E-state index in [1.54, 1.807) is 0 Å². The molecule has 0 aromatic carbocycles. The van der Waals surface area contributed by atoms with Gasteiger partial charge in [0.1, 0.15) is 0 Å². The molecule has 2 heterocycles. The van der Waals surface area contributed by atoms with Crippen molar-refractivity contribution in [2.24, 2.45) is 16.6 Å². The molecule has 2 atom stereocenters.